The standard InChI is InChI=1S/C13H25NO2/c1-2-11-3-5-12(6-4-11)14-7-8-16-10-13(14)9-15/h11-13,15H,2-10H2,1H3. The number of hydrogen-bond acceptors (Lipinski definition) is 3. The number of ether oxygens (including phenoxy) is 1. The van der Waals surface area contributed by atoms with E-state index in [1.165, 1.54) is 32.1 Å². The van der Waals surface area contributed by atoms with Crippen LogP contribution in [-0.4, -0.2) is 48.5 Å². The van der Waals surface area contributed by atoms with E-state index in [4.69, 9.17) is 4.74 Å². The summed E-state index contributed by atoms with van der Waals surface area (Å²) in [6, 6.07) is 0.945. The molecule has 2 fully saturated rings. The fraction of sp³-hybridized carbons (Fsp3) is 1.00. The molecule has 1 aliphatic heterocycles. The normalized spacial score (nSPS) is 37.5. The highest BCUT2D eigenvalue weighted by molar-refractivity contribution is 4.85. The molecule has 0 aromatic heterocycles. The van der Waals surface area contributed by atoms with Crippen LogP contribution in [0, 0.1) is 5.92 Å². The van der Waals surface area contributed by atoms with Crippen molar-refractivity contribution in [2.45, 2.75) is 51.1 Å². The summed E-state index contributed by atoms with van der Waals surface area (Å²) in [5, 5.41) is 9.37. The molecule has 16 heavy (non-hydrogen) atoms. The molecule has 0 amide bonds. The van der Waals surface area contributed by atoms with Gasteiger partial charge in [0.1, 0.15) is 0 Å². The molecular weight excluding hydrogens is 202 g/mol. The average molecular weight is 227 g/mol. The summed E-state index contributed by atoms with van der Waals surface area (Å²) in [5.41, 5.74) is 0. The molecule has 2 aliphatic rings. The number of nitrogens with zero attached hydrogens (tertiary/aromatic N) is 1. The summed E-state index contributed by atoms with van der Waals surface area (Å²) in [7, 11) is 0. The third-order valence-electron chi connectivity index (χ3n) is 4.35. The van der Waals surface area contributed by atoms with E-state index in [1.807, 2.05) is 0 Å². The van der Waals surface area contributed by atoms with Gasteiger partial charge in [0.2, 0.25) is 0 Å². The Morgan fingerprint density at radius 2 is 2.00 bits per heavy atom. The molecular formula is C13H25NO2. The molecule has 1 saturated carbocycles. The quantitative estimate of drug-likeness (QED) is 0.795. The highest BCUT2D eigenvalue weighted by Gasteiger charge is 2.31. The zero-order valence-corrected chi connectivity index (χ0v) is 10.4. The van der Waals surface area contributed by atoms with Gasteiger partial charge in [-0.1, -0.05) is 13.3 Å². The lowest BCUT2D eigenvalue weighted by Crippen LogP contribution is -2.53. The van der Waals surface area contributed by atoms with E-state index in [9.17, 15) is 5.11 Å². The van der Waals surface area contributed by atoms with Gasteiger partial charge in [0, 0.05) is 12.6 Å². The van der Waals surface area contributed by atoms with Gasteiger partial charge >= 0.3 is 0 Å². The van der Waals surface area contributed by atoms with Gasteiger partial charge in [0.05, 0.1) is 25.9 Å². The molecule has 3 nitrogen and oxygen atoms in total. The van der Waals surface area contributed by atoms with Gasteiger partial charge < -0.3 is 9.84 Å². The van der Waals surface area contributed by atoms with Crippen molar-refractivity contribution in [2.75, 3.05) is 26.4 Å². The van der Waals surface area contributed by atoms with Gasteiger partial charge in [-0.05, 0) is 31.6 Å². The van der Waals surface area contributed by atoms with E-state index in [1.54, 1.807) is 0 Å². The first-order valence-corrected chi connectivity index (χ1v) is 6.79. The van der Waals surface area contributed by atoms with Crippen molar-refractivity contribution in [3.05, 3.63) is 0 Å². The summed E-state index contributed by atoms with van der Waals surface area (Å²) in [5.74, 6) is 0.949. The Labute approximate surface area is 98.8 Å². The Kier molecular flexibility index (Phi) is 4.62. The highest BCUT2D eigenvalue weighted by Crippen LogP contribution is 2.30. The molecule has 0 aromatic rings. The largest absolute Gasteiger partial charge is 0.395 e. The molecule has 1 N–H and O–H groups in total. The molecule has 0 aromatic carbocycles. The van der Waals surface area contributed by atoms with E-state index in [0.29, 0.717) is 12.6 Å². The predicted octanol–water partition coefficient (Wildman–Crippen LogP) is 1.65. The van der Waals surface area contributed by atoms with Gasteiger partial charge in [-0.3, -0.25) is 4.90 Å². The maximum atomic E-state index is 9.37. The first-order chi connectivity index (χ1) is 7.85. The van der Waals surface area contributed by atoms with Crippen LogP contribution in [0.25, 0.3) is 0 Å². The summed E-state index contributed by atoms with van der Waals surface area (Å²) in [6.45, 7) is 5.10. The Hall–Kier alpha value is -0.120. The van der Waals surface area contributed by atoms with E-state index >= 15 is 0 Å². The lowest BCUT2D eigenvalue weighted by Gasteiger charge is -2.43. The Morgan fingerprint density at radius 1 is 1.25 bits per heavy atom. The zero-order valence-electron chi connectivity index (χ0n) is 10.4. The van der Waals surface area contributed by atoms with Gasteiger partial charge in [-0.2, -0.15) is 0 Å². The van der Waals surface area contributed by atoms with E-state index in [2.05, 4.69) is 11.8 Å². The molecule has 0 spiro atoms. The SMILES string of the molecule is CCC1CCC(N2CCOCC2CO)CC1. The Balaban J connectivity index is 1.86. The predicted molar refractivity (Wildman–Crippen MR) is 64.4 cm³/mol. The second-order valence-corrected chi connectivity index (χ2v) is 5.23. The summed E-state index contributed by atoms with van der Waals surface area (Å²) >= 11 is 0. The van der Waals surface area contributed by atoms with Crippen LogP contribution < -0.4 is 0 Å². The van der Waals surface area contributed by atoms with Crippen molar-refractivity contribution in [1.82, 2.24) is 4.90 Å². The van der Waals surface area contributed by atoms with Crippen molar-refractivity contribution in [2.24, 2.45) is 5.92 Å². The second-order valence-electron chi connectivity index (χ2n) is 5.23. The number of rotatable bonds is 3. The van der Waals surface area contributed by atoms with Crippen molar-refractivity contribution in [1.29, 1.82) is 0 Å². The molecule has 0 bridgehead atoms. The Bertz CT molecular complexity index is 202. The monoisotopic (exact) mass is 227 g/mol. The lowest BCUT2D eigenvalue weighted by molar-refractivity contribution is -0.0557. The summed E-state index contributed by atoms with van der Waals surface area (Å²) in [6.07, 6.45) is 6.70. The molecule has 3 heteroatoms. The molecule has 1 aliphatic carbocycles. The summed E-state index contributed by atoms with van der Waals surface area (Å²) in [4.78, 5) is 2.50. The number of aliphatic hydroxyl groups excluding tert-OH is 1. The van der Waals surface area contributed by atoms with Crippen LogP contribution in [0.1, 0.15) is 39.0 Å². The van der Waals surface area contributed by atoms with Gasteiger partial charge in [-0.15, -0.1) is 0 Å². The first-order valence-electron chi connectivity index (χ1n) is 6.79. The van der Waals surface area contributed by atoms with Crippen LogP contribution in [0.5, 0.6) is 0 Å². The van der Waals surface area contributed by atoms with Crippen LogP contribution in [0.2, 0.25) is 0 Å². The molecule has 2 rings (SSSR count). The lowest BCUT2D eigenvalue weighted by atomic mass is 9.83. The van der Waals surface area contributed by atoms with Crippen LogP contribution in [0.15, 0.2) is 0 Å². The topological polar surface area (TPSA) is 32.7 Å². The van der Waals surface area contributed by atoms with Gasteiger partial charge in [0.15, 0.2) is 0 Å². The van der Waals surface area contributed by atoms with Crippen LogP contribution in [-0.2, 0) is 4.74 Å². The average Bonchev–Trinajstić information content (AvgIpc) is 2.39. The van der Waals surface area contributed by atoms with Crippen LogP contribution >= 0.6 is 0 Å². The summed E-state index contributed by atoms with van der Waals surface area (Å²) < 4.78 is 5.43. The fourth-order valence-corrected chi connectivity index (χ4v) is 3.19. The van der Waals surface area contributed by atoms with Crippen molar-refractivity contribution < 1.29 is 9.84 Å². The minimum Gasteiger partial charge on any atom is -0.395 e. The fourth-order valence-electron chi connectivity index (χ4n) is 3.19. The molecule has 1 saturated heterocycles. The molecule has 94 valence electrons. The number of hydrogen-bond donors (Lipinski definition) is 1. The molecule has 1 heterocycles. The smallest absolute Gasteiger partial charge is 0.0644 e. The third-order valence-corrected chi connectivity index (χ3v) is 4.35. The van der Waals surface area contributed by atoms with Crippen LogP contribution in [0.3, 0.4) is 0 Å². The first kappa shape index (κ1) is 12.3. The highest BCUT2D eigenvalue weighted by atomic mass is 16.5. The number of morpholine rings is 1. The van der Waals surface area contributed by atoms with Crippen molar-refractivity contribution >= 4 is 0 Å². The zero-order chi connectivity index (χ0) is 11.4. The third kappa shape index (κ3) is 2.76. The van der Waals surface area contributed by atoms with Crippen LogP contribution in [0.4, 0.5) is 0 Å². The molecule has 0 radical (unpaired) electrons. The maximum absolute atomic E-state index is 9.37. The minimum atomic E-state index is 0.244. The minimum absolute atomic E-state index is 0.244. The van der Waals surface area contributed by atoms with E-state index in [-0.39, 0.29) is 12.6 Å². The molecule has 1 atom stereocenters. The van der Waals surface area contributed by atoms with E-state index < -0.39 is 0 Å². The van der Waals surface area contributed by atoms with E-state index in [0.717, 1.165) is 19.1 Å². The van der Waals surface area contributed by atoms with Gasteiger partial charge in [-0.25, -0.2) is 0 Å². The van der Waals surface area contributed by atoms with Crippen molar-refractivity contribution in [3.8, 4) is 0 Å². The van der Waals surface area contributed by atoms with Gasteiger partial charge in [0.25, 0.3) is 0 Å². The van der Waals surface area contributed by atoms with Crippen molar-refractivity contribution in [3.63, 3.8) is 0 Å². The Morgan fingerprint density at radius 3 is 2.62 bits per heavy atom. The second kappa shape index (κ2) is 5.99. The number of aliphatic hydroxyl groups is 1. The molecule has 1 unspecified atom stereocenters. The maximum Gasteiger partial charge on any atom is 0.0644 e.